The molecule has 0 bridgehead atoms. The molecule has 0 spiro atoms. The summed E-state index contributed by atoms with van der Waals surface area (Å²) in [6, 6.07) is 21.1. The second kappa shape index (κ2) is 9.51. The highest BCUT2D eigenvalue weighted by molar-refractivity contribution is 8.01. The minimum Gasteiger partial charge on any atom is -0.129 e. The molecule has 0 aliphatic rings. The van der Waals surface area contributed by atoms with E-state index < -0.39 is 0 Å². The lowest BCUT2D eigenvalue weighted by Crippen LogP contribution is -1.75. The lowest BCUT2D eigenvalue weighted by atomic mass is 10.2. The second-order valence-electron chi connectivity index (χ2n) is 4.25. The summed E-state index contributed by atoms with van der Waals surface area (Å²) < 4.78 is 0. The fourth-order valence-electron chi connectivity index (χ4n) is 1.64. The van der Waals surface area contributed by atoms with E-state index in [4.69, 9.17) is 0 Å². The number of rotatable bonds is 7. The van der Waals surface area contributed by atoms with E-state index in [1.165, 1.54) is 11.1 Å². The third-order valence-electron chi connectivity index (χ3n) is 2.65. The molecule has 0 N–H and O–H groups in total. The van der Waals surface area contributed by atoms with Crippen LogP contribution in [0, 0.1) is 0 Å². The summed E-state index contributed by atoms with van der Waals surface area (Å²) in [5, 5.41) is 4.29. The smallest absolute Gasteiger partial charge is 0.0226 e. The summed E-state index contributed by atoms with van der Waals surface area (Å²) in [5.74, 6) is 2.06. The fourth-order valence-corrected chi connectivity index (χ4v) is 3.00. The van der Waals surface area contributed by atoms with Crippen LogP contribution in [0.4, 0.5) is 0 Å². The maximum absolute atomic E-state index is 2.16. The van der Waals surface area contributed by atoms with Gasteiger partial charge in [-0.3, -0.25) is 0 Å². The molecular formula is C18H18S2. The van der Waals surface area contributed by atoms with Crippen molar-refractivity contribution in [2.75, 3.05) is 0 Å². The predicted octanol–water partition coefficient (Wildman–Crippen LogP) is 5.88. The van der Waals surface area contributed by atoms with Gasteiger partial charge in [0.25, 0.3) is 0 Å². The molecule has 0 saturated carbocycles. The Labute approximate surface area is 130 Å². The van der Waals surface area contributed by atoms with Crippen LogP contribution in [0.25, 0.3) is 0 Å². The van der Waals surface area contributed by atoms with Gasteiger partial charge in [-0.05, 0) is 21.9 Å². The summed E-state index contributed by atoms with van der Waals surface area (Å²) in [6.07, 6.45) is 4.21. The molecule has 102 valence electrons. The summed E-state index contributed by atoms with van der Waals surface area (Å²) in [6.45, 7) is 0. The Bertz CT molecular complexity index is 478. The topological polar surface area (TPSA) is 0 Å². The summed E-state index contributed by atoms with van der Waals surface area (Å²) >= 11 is 3.64. The highest BCUT2D eigenvalue weighted by atomic mass is 32.2. The second-order valence-corrected chi connectivity index (χ2v) is 6.04. The molecule has 0 aliphatic carbocycles. The van der Waals surface area contributed by atoms with Crippen LogP contribution in [0.1, 0.15) is 11.1 Å². The average molecular weight is 298 g/mol. The molecule has 0 atom stereocenters. The van der Waals surface area contributed by atoms with Gasteiger partial charge >= 0.3 is 0 Å². The molecule has 0 saturated heterocycles. The number of hydrogen-bond acceptors (Lipinski definition) is 2. The van der Waals surface area contributed by atoms with E-state index in [9.17, 15) is 0 Å². The van der Waals surface area contributed by atoms with Gasteiger partial charge in [-0.2, -0.15) is 0 Å². The van der Waals surface area contributed by atoms with Crippen molar-refractivity contribution in [2.45, 2.75) is 11.5 Å². The van der Waals surface area contributed by atoms with Crippen LogP contribution >= 0.6 is 23.5 Å². The van der Waals surface area contributed by atoms with Gasteiger partial charge < -0.3 is 0 Å². The van der Waals surface area contributed by atoms with Crippen LogP contribution in [0.2, 0.25) is 0 Å². The Morgan fingerprint density at radius 2 is 1.00 bits per heavy atom. The van der Waals surface area contributed by atoms with E-state index in [1.54, 1.807) is 0 Å². The lowest BCUT2D eigenvalue weighted by molar-refractivity contribution is 1.42. The van der Waals surface area contributed by atoms with E-state index in [1.807, 2.05) is 23.5 Å². The first kappa shape index (κ1) is 15.0. The number of hydrogen-bond donors (Lipinski definition) is 0. The van der Waals surface area contributed by atoms with Crippen LogP contribution < -0.4 is 0 Å². The maximum atomic E-state index is 2.16. The number of benzene rings is 2. The van der Waals surface area contributed by atoms with Gasteiger partial charge in [0, 0.05) is 11.5 Å². The molecule has 2 rings (SSSR count). The van der Waals surface area contributed by atoms with Crippen molar-refractivity contribution in [3.05, 3.63) is 94.8 Å². The Balaban J connectivity index is 1.60. The first-order chi connectivity index (χ1) is 9.95. The van der Waals surface area contributed by atoms with Crippen LogP contribution in [0.15, 0.2) is 83.6 Å². The molecule has 2 aromatic carbocycles. The van der Waals surface area contributed by atoms with Crippen molar-refractivity contribution in [1.29, 1.82) is 0 Å². The van der Waals surface area contributed by atoms with Crippen molar-refractivity contribution < 1.29 is 0 Å². The predicted molar refractivity (Wildman–Crippen MR) is 93.8 cm³/mol. The molecule has 2 heteroatoms. The molecule has 0 unspecified atom stereocenters. The third-order valence-corrected chi connectivity index (χ3v) is 4.35. The quantitative estimate of drug-likeness (QED) is 0.585. The van der Waals surface area contributed by atoms with Crippen LogP contribution in [-0.2, 0) is 11.5 Å². The SMILES string of the molecule is C(C=CSCc1ccccc1)=CSCc1ccccc1. The van der Waals surface area contributed by atoms with Gasteiger partial charge in [0.1, 0.15) is 0 Å². The van der Waals surface area contributed by atoms with Gasteiger partial charge in [0.2, 0.25) is 0 Å². The minimum atomic E-state index is 1.03. The van der Waals surface area contributed by atoms with E-state index in [-0.39, 0.29) is 0 Å². The van der Waals surface area contributed by atoms with Gasteiger partial charge in [0.05, 0.1) is 0 Å². The number of thioether (sulfide) groups is 2. The molecule has 2 aromatic rings. The minimum absolute atomic E-state index is 1.03. The molecule has 20 heavy (non-hydrogen) atoms. The Morgan fingerprint density at radius 3 is 1.40 bits per heavy atom. The standard InChI is InChI=1S/C18H18S2/c1-3-9-17(10-4-1)15-19-13-7-8-14-20-16-18-11-5-2-6-12-18/h1-14H,15-16H2. The van der Waals surface area contributed by atoms with Crippen molar-refractivity contribution in [2.24, 2.45) is 0 Å². The van der Waals surface area contributed by atoms with Crippen LogP contribution in [0.3, 0.4) is 0 Å². The van der Waals surface area contributed by atoms with Crippen molar-refractivity contribution in [3.8, 4) is 0 Å². The summed E-state index contributed by atoms with van der Waals surface area (Å²) in [7, 11) is 0. The molecule has 0 radical (unpaired) electrons. The maximum Gasteiger partial charge on any atom is 0.0226 e. The normalized spacial score (nSPS) is 11.4. The lowest BCUT2D eigenvalue weighted by Gasteiger charge is -1.96. The van der Waals surface area contributed by atoms with E-state index in [0.717, 1.165) is 11.5 Å². The monoisotopic (exact) mass is 298 g/mol. The molecule has 0 fully saturated rings. The molecule has 0 nitrogen and oxygen atoms in total. The van der Waals surface area contributed by atoms with Crippen molar-refractivity contribution >= 4 is 23.5 Å². The zero-order valence-electron chi connectivity index (χ0n) is 11.3. The zero-order chi connectivity index (χ0) is 13.9. The van der Waals surface area contributed by atoms with Crippen molar-refractivity contribution in [1.82, 2.24) is 0 Å². The zero-order valence-corrected chi connectivity index (χ0v) is 12.9. The molecule has 0 amide bonds. The first-order valence-electron chi connectivity index (χ1n) is 6.58. The van der Waals surface area contributed by atoms with E-state index in [2.05, 4.69) is 83.6 Å². The third kappa shape index (κ3) is 6.18. The fraction of sp³-hybridized carbons (Fsp3) is 0.111. The number of allylic oxidation sites excluding steroid dienone is 2. The molecule has 0 heterocycles. The van der Waals surface area contributed by atoms with E-state index in [0.29, 0.717) is 0 Å². The van der Waals surface area contributed by atoms with Gasteiger partial charge in [-0.25, -0.2) is 0 Å². The molecule has 0 aliphatic heterocycles. The van der Waals surface area contributed by atoms with Gasteiger partial charge in [-0.15, -0.1) is 23.5 Å². The Morgan fingerprint density at radius 1 is 0.600 bits per heavy atom. The summed E-state index contributed by atoms with van der Waals surface area (Å²) in [5.41, 5.74) is 2.73. The Kier molecular flexibility index (Phi) is 7.14. The molecule has 0 aromatic heterocycles. The van der Waals surface area contributed by atoms with Gasteiger partial charge in [-0.1, -0.05) is 72.8 Å². The van der Waals surface area contributed by atoms with Crippen molar-refractivity contribution in [3.63, 3.8) is 0 Å². The Hall–Kier alpha value is -1.38. The highest BCUT2D eigenvalue weighted by Gasteiger charge is 1.88. The average Bonchev–Trinajstić information content (AvgIpc) is 2.52. The largest absolute Gasteiger partial charge is 0.129 e. The summed E-state index contributed by atoms with van der Waals surface area (Å²) in [4.78, 5) is 0. The highest BCUT2D eigenvalue weighted by Crippen LogP contribution is 2.14. The van der Waals surface area contributed by atoms with E-state index >= 15 is 0 Å². The van der Waals surface area contributed by atoms with Crippen LogP contribution in [0.5, 0.6) is 0 Å². The van der Waals surface area contributed by atoms with Crippen LogP contribution in [-0.4, -0.2) is 0 Å². The molecular weight excluding hydrogens is 280 g/mol. The first-order valence-corrected chi connectivity index (χ1v) is 8.67. The van der Waals surface area contributed by atoms with Gasteiger partial charge in [0.15, 0.2) is 0 Å².